The maximum Gasteiger partial charge on any atom is 0.346 e. The quantitative estimate of drug-likeness (QED) is 0.409. The number of methoxy groups -OCH3 is 3. The molecule has 7 heteroatoms. The van der Waals surface area contributed by atoms with Gasteiger partial charge in [0.05, 0.1) is 27.9 Å². The zero-order valence-corrected chi connectivity index (χ0v) is 14.0. The molecule has 0 aliphatic rings. The van der Waals surface area contributed by atoms with Crippen molar-refractivity contribution in [3.8, 4) is 28.7 Å². The predicted octanol–water partition coefficient (Wildman–Crippen LogP) is 2.86. The average molecular weight is 328 g/mol. The van der Waals surface area contributed by atoms with E-state index in [4.69, 9.17) is 18.9 Å². The number of carbonyl (C=O) groups excluding carboxylic acids is 1. The molecular formula is C16H24O7. The molecular weight excluding hydrogens is 304 g/mol. The van der Waals surface area contributed by atoms with E-state index in [-0.39, 0.29) is 29.4 Å². The number of rotatable bonds is 9. The molecule has 0 aromatic heterocycles. The summed E-state index contributed by atoms with van der Waals surface area (Å²) in [5.41, 5.74) is -0.293. The van der Waals surface area contributed by atoms with Crippen LogP contribution in [0.5, 0.6) is 28.7 Å². The fourth-order valence-electron chi connectivity index (χ4n) is 2.18. The standard InChI is InChI=1S/C16H24O7/c1-5-6-7-8-9-23-16(19)10-11(17)12(18)14(21-3)15(22-4)13(10)20-2/h17-18H,5-9H2,1-4H3. The molecule has 7 nitrogen and oxygen atoms in total. The van der Waals surface area contributed by atoms with Gasteiger partial charge in [0.1, 0.15) is 0 Å². The van der Waals surface area contributed by atoms with Crippen molar-refractivity contribution >= 4 is 5.97 Å². The third kappa shape index (κ3) is 4.12. The molecule has 0 unspecified atom stereocenters. The van der Waals surface area contributed by atoms with Gasteiger partial charge in [0.2, 0.25) is 17.2 Å². The molecule has 130 valence electrons. The van der Waals surface area contributed by atoms with E-state index in [0.29, 0.717) is 0 Å². The van der Waals surface area contributed by atoms with Crippen molar-refractivity contribution in [3.63, 3.8) is 0 Å². The van der Waals surface area contributed by atoms with Gasteiger partial charge < -0.3 is 29.2 Å². The largest absolute Gasteiger partial charge is 0.503 e. The van der Waals surface area contributed by atoms with Gasteiger partial charge in [-0.1, -0.05) is 26.2 Å². The molecule has 0 saturated heterocycles. The van der Waals surface area contributed by atoms with Gasteiger partial charge in [-0.15, -0.1) is 0 Å². The fraction of sp³-hybridized carbons (Fsp3) is 0.562. The van der Waals surface area contributed by atoms with E-state index in [9.17, 15) is 15.0 Å². The number of ether oxygens (including phenoxy) is 4. The van der Waals surface area contributed by atoms with Crippen LogP contribution < -0.4 is 14.2 Å². The van der Waals surface area contributed by atoms with Gasteiger partial charge in [-0.2, -0.15) is 0 Å². The van der Waals surface area contributed by atoms with Crippen LogP contribution in [0.2, 0.25) is 0 Å². The second kappa shape index (κ2) is 8.97. The van der Waals surface area contributed by atoms with Gasteiger partial charge in [-0.3, -0.25) is 0 Å². The topological polar surface area (TPSA) is 94.5 Å². The molecule has 2 N–H and O–H groups in total. The SMILES string of the molecule is CCCCCCOC(=O)c1c(O)c(O)c(OC)c(OC)c1OC. The summed E-state index contributed by atoms with van der Waals surface area (Å²) in [6.45, 7) is 2.30. The smallest absolute Gasteiger partial charge is 0.346 e. The summed E-state index contributed by atoms with van der Waals surface area (Å²) in [7, 11) is 3.94. The van der Waals surface area contributed by atoms with Crippen molar-refractivity contribution in [1.29, 1.82) is 0 Å². The number of hydrogen-bond acceptors (Lipinski definition) is 7. The van der Waals surface area contributed by atoms with E-state index in [1.54, 1.807) is 0 Å². The van der Waals surface area contributed by atoms with Crippen LogP contribution in [0.15, 0.2) is 0 Å². The van der Waals surface area contributed by atoms with E-state index in [0.717, 1.165) is 25.7 Å². The summed E-state index contributed by atoms with van der Waals surface area (Å²) in [4.78, 5) is 12.2. The first-order chi connectivity index (χ1) is 11.0. The lowest BCUT2D eigenvalue weighted by molar-refractivity contribution is 0.0489. The molecule has 0 heterocycles. The number of phenols is 2. The Hall–Kier alpha value is -2.31. The minimum atomic E-state index is -0.799. The van der Waals surface area contributed by atoms with E-state index in [1.807, 2.05) is 0 Å². The van der Waals surface area contributed by atoms with Crippen molar-refractivity contribution in [2.75, 3.05) is 27.9 Å². The number of esters is 1. The first-order valence-corrected chi connectivity index (χ1v) is 7.44. The number of unbranched alkanes of at least 4 members (excludes halogenated alkanes) is 3. The molecule has 0 saturated carbocycles. The Bertz CT molecular complexity index is 540. The number of benzene rings is 1. The zero-order valence-electron chi connectivity index (χ0n) is 14.0. The Morgan fingerprint density at radius 2 is 1.48 bits per heavy atom. The number of phenolic OH excluding ortho intramolecular Hbond substituents is 2. The Morgan fingerprint density at radius 3 is 2.00 bits per heavy atom. The molecule has 0 radical (unpaired) electrons. The minimum Gasteiger partial charge on any atom is -0.503 e. The molecule has 0 bridgehead atoms. The lowest BCUT2D eigenvalue weighted by Crippen LogP contribution is -2.10. The van der Waals surface area contributed by atoms with Crippen LogP contribution in [-0.2, 0) is 4.74 Å². The highest BCUT2D eigenvalue weighted by Crippen LogP contribution is 2.52. The van der Waals surface area contributed by atoms with E-state index >= 15 is 0 Å². The average Bonchev–Trinajstić information content (AvgIpc) is 2.55. The van der Waals surface area contributed by atoms with Gasteiger partial charge in [0.15, 0.2) is 17.1 Å². The van der Waals surface area contributed by atoms with Gasteiger partial charge in [0, 0.05) is 0 Å². The number of hydrogen-bond donors (Lipinski definition) is 2. The summed E-state index contributed by atoms with van der Waals surface area (Å²) < 4.78 is 20.4. The summed E-state index contributed by atoms with van der Waals surface area (Å²) in [5.74, 6) is -2.25. The van der Waals surface area contributed by atoms with Crippen LogP contribution in [0.3, 0.4) is 0 Å². The first kappa shape index (κ1) is 18.7. The summed E-state index contributed by atoms with van der Waals surface area (Å²) in [6, 6.07) is 0. The van der Waals surface area contributed by atoms with Crippen LogP contribution in [0.1, 0.15) is 43.0 Å². The van der Waals surface area contributed by atoms with Crippen molar-refractivity contribution < 1.29 is 34.0 Å². The van der Waals surface area contributed by atoms with Crippen molar-refractivity contribution in [2.24, 2.45) is 0 Å². The summed E-state index contributed by atoms with van der Waals surface area (Å²) in [5, 5.41) is 20.1. The number of aromatic hydroxyl groups is 2. The molecule has 0 atom stereocenters. The van der Waals surface area contributed by atoms with E-state index < -0.39 is 17.5 Å². The molecule has 1 rings (SSSR count). The highest BCUT2D eigenvalue weighted by Gasteiger charge is 2.31. The van der Waals surface area contributed by atoms with Crippen molar-refractivity contribution in [2.45, 2.75) is 32.6 Å². The third-order valence-electron chi connectivity index (χ3n) is 3.36. The Morgan fingerprint density at radius 1 is 0.870 bits per heavy atom. The van der Waals surface area contributed by atoms with Gasteiger partial charge in [-0.05, 0) is 6.42 Å². The summed E-state index contributed by atoms with van der Waals surface area (Å²) in [6.07, 6.45) is 3.81. The highest BCUT2D eigenvalue weighted by atomic mass is 16.5. The van der Waals surface area contributed by atoms with Gasteiger partial charge >= 0.3 is 5.97 Å². The maximum atomic E-state index is 12.2. The first-order valence-electron chi connectivity index (χ1n) is 7.44. The predicted molar refractivity (Wildman–Crippen MR) is 83.9 cm³/mol. The van der Waals surface area contributed by atoms with Crippen LogP contribution >= 0.6 is 0 Å². The normalized spacial score (nSPS) is 10.3. The second-order valence-corrected chi connectivity index (χ2v) is 4.87. The molecule has 0 spiro atoms. The number of carbonyl (C=O) groups is 1. The van der Waals surface area contributed by atoms with Crippen molar-refractivity contribution in [1.82, 2.24) is 0 Å². The monoisotopic (exact) mass is 328 g/mol. The lowest BCUT2D eigenvalue weighted by atomic mass is 10.1. The Labute approximate surface area is 135 Å². The van der Waals surface area contributed by atoms with E-state index in [1.165, 1.54) is 21.3 Å². The van der Waals surface area contributed by atoms with Crippen LogP contribution in [0, 0.1) is 0 Å². The van der Waals surface area contributed by atoms with Crippen molar-refractivity contribution in [3.05, 3.63) is 5.56 Å². The second-order valence-electron chi connectivity index (χ2n) is 4.87. The molecule has 0 amide bonds. The van der Waals surface area contributed by atoms with Crippen LogP contribution in [-0.4, -0.2) is 44.1 Å². The molecule has 1 aromatic carbocycles. The van der Waals surface area contributed by atoms with Crippen LogP contribution in [0.25, 0.3) is 0 Å². The van der Waals surface area contributed by atoms with Gasteiger partial charge in [0.25, 0.3) is 0 Å². The summed E-state index contributed by atoms with van der Waals surface area (Å²) >= 11 is 0. The maximum absolute atomic E-state index is 12.2. The lowest BCUT2D eigenvalue weighted by Gasteiger charge is -2.18. The van der Waals surface area contributed by atoms with E-state index in [2.05, 4.69) is 6.92 Å². The Kier molecular flexibility index (Phi) is 7.31. The Balaban J connectivity index is 3.09. The van der Waals surface area contributed by atoms with Crippen LogP contribution in [0.4, 0.5) is 0 Å². The molecule has 23 heavy (non-hydrogen) atoms. The molecule has 0 aliphatic carbocycles. The highest BCUT2D eigenvalue weighted by molar-refractivity contribution is 5.99. The minimum absolute atomic E-state index is 0.00299. The third-order valence-corrected chi connectivity index (χ3v) is 3.36. The van der Waals surface area contributed by atoms with Gasteiger partial charge in [-0.25, -0.2) is 4.79 Å². The zero-order chi connectivity index (χ0) is 17.4. The molecule has 1 aromatic rings. The molecule has 0 aliphatic heterocycles. The molecule has 0 fully saturated rings. The fourth-order valence-corrected chi connectivity index (χ4v) is 2.18.